The maximum atomic E-state index is 4.72. The van der Waals surface area contributed by atoms with Crippen molar-refractivity contribution in [2.45, 2.75) is 39.3 Å². The molecule has 7 nitrogen and oxygen atoms in total. The molecule has 134 valence electrons. The highest BCUT2D eigenvalue weighted by atomic mass is 15.4. The van der Waals surface area contributed by atoms with Crippen LogP contribution in [-0.4, -0.2) is 38.5 Å². The number of nitrogens with zero attached hydrogens (tertiary/aromatic N) is 6. The van der Waals surface area contributed by atoms with Gasteiger partial charge in [0.2, 0.25) is 0 Å². The Hall–Kier alpha value is -2.41. The first-order valence-corrected chi connectivity index (χ1v) is 8.66. The molecule has 0 radical (unpaired) electrons. The first kappa shape index (κ1) is 17.4. The topological polar surface area (TPSA) is 63.3 Å². The van der Waals surface area contributed by atoms with Crippen LogP contribution in [0.25, 0.3) is 5.65 Å². The molecule has 0 saturated carbocycles. The largest absolute Gasteiger partial charge is 0.363 e. The molecule has 0 amide bonds. The lowest BCUT2D eigenvalue weighted by molar-refractivity contribution is 0.538. The summed E-state index contributed by atoms with van der Waals surface area (Å²) >= 11 is 0. The van der Waals surface area contributed by atoms with E-state index in [1.165, 1.54) is 5.56 Å². The van der Waals surface area contributed by atoms with Crippen molar-refractivity contribution in [2.24, 2.45) is 7.05 Å². The fourth-order valence-electron chi connectivity index (χ4n) is 3.27. The molecule has 0 aliphatic carbocycles. The third-order valence-electron chi connectivity index (χ3n) is 4.43. The molecule has 0 aromatic carbocycles. The standard InChI is InChI=1S/C18H27N7/c1-12(2)16-14(18(23(4)5)24(6)22-16)11-19-13(3)17-21-20-15-9-7-8-10-25(15)17/h7-10,12-13,19H,11H2,1-6H3. The van der Waals surface area contributed by atoms with Crippen LogP contribution >= 0.6 is 0 Å². The van der Waals surface area contributed by atoms with Gasteiger partial charge in [-0.2, -0.15) is 5.10 Å². The smallest absolute Gasteiger partial charge is 0.160 e. The molecule has 7 heteroatoms. The number of aryl methyl sites for hydroxylation is 1. The summed E-state index contributed by atoms with van der Waals surface area (Å²) in [4.78, 5) is 2.12. The molecule has 0 fully saturated rings. The molecule has 25 heavy (non-hydrogen) atoms. The van der Waals surface area contributed by atoms with Crippen molar-refractivity contribution in [1.29, 1.82) is 0 Å². The Balaban J connectivity index is 1.86. The van der Waals surface area contributed by atoms with Gasteiger partial charge in [0.15, 0.2) is 11.5 Å². The van der Waals surface area contributed by atoms with Gasteiger partial charge >= 0.3 is 0 Å². The van der Waals surface area contributed by atoms with Crippen LogP contribution in [0.15, 0.2) is 24.4 Å². The molecule has 0 saturated heterocycles. The van der Waals surface area contributed by atoms with Crippen molar-refractivity contribution in [3.8, 4) is 0 Å². The van der Waals surface area contributed by atoms with E-state index >= 15 is 0 Å². The monoisotopic (exact) mass is 341 g/mol. The molecule has 0 aliphatic rings. The lowest BCUT2D eigenvalue weighted by Crippen LogP contribution is -2.23. The number of nitrogens with one attached hydrogen (secondary N) is 1. The van der Waals surface area contributed by atoms with E-state index in [2.05, 4.69) is 55.3 Å². The van der Waals surface area contributed by atoms with Crippen molar-refractivity contribution in [2.75, 3.05) is 19.0 Å². The first-order chi connectivity index (χ1) is 11.9. The second-order valence-electron chi connectivity index (χ2n) is 6.95. The van der Waals surface area contributed by atoms with Crippen LogP contribution in [0.3, 0.4) is 0 Å². The number of hydrogen-bond acceptors (Lipinski definition) is 5. The Labute approximate surface area is 148 Å². The molecule has 3 aromatic rings. The zero-order valence-corrected chi connectivity index (χ0v) is 15.9. The van der Waals surface area contributed by atoms with E-state index < -0.39 is 0 Å². The van der Waals surface area contributed by atoms with Gasteiger partial charge in [-0.3, -0.25) is 9.08 Å². The zero-order chi connectivity index (χ0) is 18.1. The third kappa shape index (κ3) is 3.24. The van der Waals surface area contributed by atoms with E-state index in [9.17, 15) is 0 Å². The van der Waals surface area contributed by atoms with Gasteiger partial charge in [-0.15, -0.1) is 10.2 Å². The lowest BCUT2D eigenvalue weighted by atomic mass is 10.0. The van der Waals surface area contributed by atoms with Crippen LogP contribution in [0.2, 0.25) is 0 Å². The van der Waals surface area contributed by atoms with Crippen LogP contribution in [0.1, 0.15) is 49.8 Å². The number of fused-ring (bicyclic) bond motifs is 1. The van der Waals surface area contributed by atoms with Gasteiger partial charge < -0.3 is 10.2 Å². The van der Waals surface area contributed by atoms with Gasteiger partial charge in [0.05, 0.1) is 11.7 Å². The molecular weight excluding hydrogens is 314 g/mol. The van der Waals surface area contributed by atoms with Crippen LogP contribution in [-0.2, 0) is 13.6 Å². The van der Waals surface area contributed by atoms with Gasteiger partial charge in [0.25, 0.3) is 0 Å². The van der Waals surface area contributed by atoms with E-state index in [0.717, 1.165) is 29.5 Å². The number of rotatable bonds is 6. The SMILES string of the molecule is CC(C)c1nn(C)c(N(C)C)c1CNC(C)c1nnc2ccccn12. The van der Waals surface area contributed by atoms with Gasteiger partial charge in [0.1, 0.15) is 5.82 Å². The molecular formula is C18H27N7. The van der Waals surface area contributed by atoms with Crippen molar-refractivity contribution < 1.29 is 0 Å². The van der Waals surface area contributed by atoms with E-state index in [1.807, 2.05) is 40.5 Å². The number of anilines is 1. The maximum absolute atomic E-state index is 4.72. The van der Waals surface area contributed by atoms with Gasteiger partial charge in [0, 0.05) is 39.4 Å². The Kier molecular flexibility index (Phi) is 4.76. The summed E-state index contributed by atoms with van der Waals surface area (Å²) in [6, 6.07) is 6.01. The fraction of sp³-hybridized carbons (Fsp3) is 0.500. The van der Waals surface area contributed by atoms with E-state index in [4.69, 9.17) is 5.10 Å². The highest BCUT2D eigenvalue weighted by Gasteiger charge is 2.21. The average Bonchev–Trinajstić information content (AvgIpc) is 3.13. The second kappa shape index (κ2) is 6.84. The summed E-state index contributed by atoms with van der Waals surface area (Å²) in [7, 11) is 6.11. The molecule has 3 rings (SSSR count). The van der Waals surface area contributed by atoms with Gasteiger partial charge in [-0.1, -0.05) is 19.9 Å². The average molecular weight is 341 g/mol. The van der Waals surface area contributed by atoms with E-state index in [1.54, 1.807) is 0 Å². The third-order valence-corrected chi connectivity index (χ3v) is 4.43. The highest BCUT2D eigenvalue weighted by Crippen LogP contribution is 2.27. The Bertz CT molecular complexity index is 860. The quantitative estimate of drug-likeness (QED) is 0.746. The summed E-state index contributed by atoms with van der Waals surface area (Å²) in [6.07, 6.45) is 2.00. The summed E-state index contributed by atoms with van der Waals surface area (Å²) in [5.74, 6) is 2.42. The molecule has 1 N–H and O–H groups in total. The predicted molar refractivity (Wildman–Crippen MR) is 99.9 cm³/mol. The minimum atomic E-state index is 0.0765. The Morgan fingerprint density at radius 3 is 2.60 bits per heavy atom. The molecule has 3 aromatic heterocycles. The fourth-order valence-corrected chi connectivity index (χ4v) is 3.27. The maximum Gasteiger partial charge on any atom is 0.160 e. The minimum Gasteiger partial charge on any atom is -0.363 e. The van der Waals surface area contributed by atoms with E-state index in [0.29, 0.717) is 5.92 Å². The lowest BCUT2D eigenvalue weighted by Gasteiger charge is -2.18. The molecule has 1 unspecified atom stereocenters. The summed E-state index contributed by atoms with van der Waals surface area (Å²) in [5.41, 5.74) is 3.24. The molecule has 1 atom stereocenters. The predicted octanol–water partition coefficient (Wildman–Crippen LogP) is 2.50. The van der Waals surface area contributed by atoms with Gasteiger partial charge in [-0.05, 0) is 25.0 Å². The second-order valence-corrected chi connectivity index (χ2v) is 6.95. The Morgan fingerprint density at radius 1 is 1.16 bits per heavy atom. The molecule has 0 aliphatic heterocycles. The van der Waals surface area contributed by atoms with Crippen LogP contribution in [0.4, 0.5) is 5.82 Å². The zero-order valence-electron chi connectivity index (χ0n) is 15.9. The van der Waals surface area contributed by atoms with Crippen LogP contribution < -0.4 is 10.2 Å². The molecule has 3 heterocycles. The highest BCUT2D eigenvalue weighted by molar-refractivity contribution is 5.50. The Morgan fingerprint density at radius 2 is 1.92 bits per heavy atom. The van der Waals surface area contributed by atoms with Gasteiger partial charge in [-0.25, -0.2) is 0 Å². The number of hydrogen-bond donors (Lipinski definition) is 1. The van der Waals surface area contributed by atoms with Crippen molar-refractivity contribution in [3.05, 3.63) is 41.5 Å². The minimum absolute atomic E-state index is 0.0765. The van der Waals surface area contributed by atoms with Crippen LogP contribution in [0.5, 0.6) is 0 Å². The van der Waals surface area contributed by atoms with Crippen molar-refractivity contribution in [1.82, 2.24) is 29.7 Å². The number of pyridine rings is 1. The summed E-state index contributed by atoms with van der Waals surface area (Å²) in [5, 5.41) is 16.9. The van der Waals surface area contributed by atoms with Crippen molar-refractivity contribution in [3.63, 3.8) is 0 Å². The van der Waals surface area contributed by atoms with E-state index in [-0.39, 0.29) is 6.04 Å². The molecule has 0 bridgehead atoms. The van der Waals surface area contributed by atoms with Crippen molar-refractivity contribution >= 4 is 11.5 Å². The molecule has 0 spiro atoms. The normalized spacial score (nSPS) is 12.9. The summed E-state index contributed by atoms with van der Waals surface area (Å²) < 4.78 is 3.99. The summed E-state index contributed by atoms with van der Waals surface area (Å²) in [6.45, 7) is 7.21. The van der Waals surface area contributed by atoms with Crippen LogP contribution in [0, 0.1) is 0 Å². The first-order valence-electron chi connectivity index (χ1n) is 8.66. The number of aromatic nitrogens is 5.